The van der Waals surface area contributed by atoms with Crippen molar-refractivity contribution in [2.75, 3.05) is 0 Å². The van der Waals surface area contributed by atoms with Crippen LogP contribution in [-0.4, -0.2) is 14.5 Å². The lowest BCUT2D eigenvalue weighted by molar-refractivity contribution is 0.629. The summed E-state index contributed by atoms with van der Waals surface area (Å²) in [4.78, 5) is 30.3. The highest BCUT2D eigenvalue weighted by Crippen LogP contribution is 2.16. The Bertz CT molecular complexity index is 878. The predicted molar refractivity (Wildman–Crippen MR) is 81.8 cm³/mol. The van der Waals surface area contributed by atoms with Crippen LogP contribution in [0.3, 0.4) is 0 Å². The number of hydrogen-bond acceptors (Lipinski definition) is 3. The highest BCUT2D eigenvalue weighted by molar-refractivity contribution is 6.29. The topological polar surface area (TPSA) is 67.8 Å². The third-order valence-electron chi connectivity index (χ3n) is 3.31. The standard InChI is InChI=1S/C15H12ClN3O2/c16-12-9-13(20)19(15(21)18-12)8-6-11-4-1-3-10-5-2-7-17-14(10)11/h1-5,7,9H,6,8H2,(H,18,21). The molecular formula is C15H12ClN3O2. The molecule has 0 saturated heterocycles. The molecule has 0 fully saturated rings. The van der Waals surface area contributed by atoms with Gasteiger partial charge < -0.3 is 0 Å². The van der Waals surface area contributed by atoms with Crippen molar-refractivity contribution in [1.29, 1.82) is 0 Å². The van der Waals surface area contributed by atoms with Crippen molar-refractivity contribution in [2.24, 2.45) is 0 Å². The molecule has 0 unspecified atom stereocenters. The molecule has 0 aliphatic carbocycles. The molecule has 5 nitrogen and oxygen atoms in total. The lowest BCUT2D eigenvalue weighted by Gasteiger charge is -2.07. The van der Waals surface area contributed by atoms with Crippen LogP contribution in [0.2, 0.25) is 5.15 Å². The normalized spacial score (nSPS) is 10.9. The molecule has 106 valence electrons. The van der Waals surface area contributed by atoms with Gasteiger partial charge in [0.25, 0.3) is 5.56 Å². The number of fused-ring (bicyclic) bond motifs is 1. The van der Waals surface area contributed by atoms with E-state index in [1.165, 1.54) is 6.07 Å². The first kappa shape index (κ1) is 13.6. The predicted octanol–water partition coefficient (Wildman–Crippen LogP) is 1.98. The number of nitrogens with zero attached hydrogens (tertiary/aromatic N) is 2. The van der Waals surface area contributed by atoms with E-state index in [0.717, 1.165) is 21.0 Å². The van der Waals surface area contributed by atoms with Gasteiger partial charge in [0.2, 0.25) is 0 Å². The molecule has 6 heteroatoms. The summed E-state index contributed by atoms with van der Waals surface area (Å²) in [6, 6.07) is 10.9. The van der Waals surface area contributed by atoms with Gasteiger partial charge in [0.05, 0.1) is 5.52 Å². The molecular weight excluding hydrogens is 290 g/mol. The van der Waals surface area contributed by atoms with E-state index in [-0.39, 0.29) is 11.7 Å². The van der Waals surface area contributed by atoms with E-state index in [2.05, 4.69) is 9.97 Å². The lowest BCUT2D eigenvalue weighted by atomic mass is 10.1. The Labute approximate surface area is 124 Å². The average molecular weight is 302 g/mol. The van der Waals surface area contributed by atoms with Gasteiger partial charge in [0.15, 0.2) is 0 Å². The summed E-state index contributed by atoms with van der Waals surface area (Å²) in [5.41, 5.74) is 0.977. The second-order valence-electron chi connectivity index (χ2n) is 4.65. The Balaban J connectivity index is 1.95. The Morgan fingerprint density at radius 3 is 2.81 bits per heavy atom. The molecule has 1 N–H and O–H groups in total. The fourth-order valence-corrected chi connectivity index (χ4v) is 2.48. The Morgan fingerprint density at radius 1 is 1.19 bits per heavy atom. The van der Waals surface area contributed by atoms with Crippen molar-refractivity contribution in [3.05, 3.63) is 74.1 Å². The number of halogens is 1. The zero-order valence-corrected chi connectivity index (χ0v) is 11.8. The van der Waals surface area contributed by atoms with Crippen molar-refractivity contribution in [3.63, 3.8) is 0 Å². The third kappa shape index (κ3) is 2.73. The van der Waals surface area contributed by atoms with Crippen molar-refractivity contribution in [2.45, 2.75) is 13.0 Å². The molecule has 0 aliphatic heterocycles. The van der Waals surface area contributed by atoms with Gasteiger partial charge in [-0.25, -0.2) is 4.79 Å². The van der Waals surface area contributed by atoms with E-state index in [1.54, 1.807) is 6.20 Å². The maximum atomic E-state index is 11.8. The van der Waals surface area contributed by atoms with Gasteiger partial charge in [-0.2, -0.15) is 0 Å². The van der Waals surface area contributed by atoms with Crippen LogP contribution in [0.4, 0.5) is 0 Å². The zero-order valence-electron chi connectivity index (χ0n) is 11.0. The number of aromatic amines is 1. The second kappa shape index (κ2) is 5.54. The fraction of sp³-hybridized carbons (Fsp3) is 0.133. The van der Waals surface area contributed by atoms with Gasteiger partial charge in [0.1, 0.15) is 5.15 Å². The highest BCUT2D eigenvalue weighted by Gasteiger charge is 2.06. The Hall–Kier alpha value is -2.40. The first-order valence-electron chi connectivity index (χ1n) is 6.47. The van der Waals surface area contributed by atoms with Crippen LogP contribution in [0.15, 0.2) is 52.2 Å². The number of aromatic nitrogens is 3. The van der Waals surface area contributed by atoms with Crippen LogP contribution >= 0.6 is 11.6 Å². The number of H-pyrrole nitrogens is 1. The van der Waals surface area contributed by atoms with Crippen molar-refractivity contribution in [1.82, 2.24) is 14.5 Å². The van der Waals surface area contributed by atoms with E-state index < -0.39 is 11.2 Å². The van der Waals surface area contributed by atoms with Gasteiger partial charge in [-0.3, -0.25) is 19.3 Å². The van der Waals surface area contributed by atoms with E-state index in [0.29, 0.717) is 6.42 Å². The molecule has 3 rings (SSSR count). The summed E-state index contributed by atoms with van der Waals surface area (Å²) in [6.45, 7) is 0.279. The van der Waals surface area contributed by atoms with Crippen molar-refractivity contribution in [3.8, 4) is 0 Å². The van der Waals surface area contributed by atoms with Gasteiger partial charge >= 0.3 is 5.69 Å². The van der Waals surface area contributed by atoms with Gasteiger partial charge in [-0.1, -0.05) is 35.9 Å². The monoisotopic (exact) mass is 301 g/mol. The molecule has 3 aromatic rings. The summed E-state index contributed by atoms with van der Waals surface area (Å²) in [6.07, 6.45) is 2.27. The van der Waals surface area contributed by atoms with Gasteiger partial charge in [-0.05, 0) is 18.1 Å². The molecule has 0 spiro atoms. The Morgan fingerprint density at radius 2 is 2.00 bits per heavy atom. The van der Waals surface area contributed by atoms with Crippen LogP contribution in [0.1, 0.15) is 5.56 Å². The highest BCUT2D eigenvalue weighted by atomic mass is 35.5. The number of pyridine rings is 1. The van der Waals surface area contributed by atoms with Crippen LogP contribution in [0, 0.1) is 0 Å². The summed E-state index contributed by atoms with van der Waals surface area (Å²) in [5.74, 6) is 0. The number of aryl methyl sites for hydroxylation is 1. The molecule has 2 aromatic heterocycles. The lowest BCUT2D eigenvalue weighted by Crippen LogP contribution is -2.35. The molecule has 0 radical (unpaired) electrons. The molecule has 0 atom stereocenters. The summed E-state index contributed by atoms with van der Waals surface area (Å²) in [7, 11) is 0. The average Bonchev–Trinajstić information content (AvgIpc) is 2.46. The minimum absolute atomic E-state index is 0.0491. The number of benzene rings is 1. The molecule has 2 heterocycles. The minimum Gasteiger partial charge on any atom is -0.298 e. The van der Waals surface area contributed by atoms with Gasteiger partial charge in [0, 0.05) is 24.2 Å². The summed E-state index contributed by atoms with van der Waals surface area (Å²) < 4.78 is 1.13. The largest absolute Gasteiger partial charge is 0.329 e. The number of nitrogens with one attached hydrogen (secondary N) is 1. The van der Waals surface area contributed by atoms with Crippen LogP contribution in [0.5, 0.6) is 0 Å². The number of rotatable bonds is 3. The van der Waals surface area contributed by atoms with E-state index in [1.807, 2.05) is 30.3 Å². The van der Waals surface area contributed by atoms with Crippen molar-refractivity contribution >= 4 is 22.5 Å². The smallest absolute Gasteiger partial charge is 0.298 e. The van der Waals surface area contributed by atoms with Crippen LogP contribution in [0.25, 0.3) is 10.9 Å². The second-order valence-corrected chi connectivity index (χ2v) is 5.06. The molecule has 1 aromatic carbocycles. The first-order valence-corrected chi connectivity index (χ1v) is 6.85. The maximum absolute atomic E-state index is 11.8. The Kier molecular flexibility index (Phi) is 3.58. The quantitative estimate of drug-likeness (QED) is 0.752. The van der Waals surface area contributed by atoms with Crippen LogP contribution < -0.4 is 11.2 Å². The molecule has 0 saturated carbocycles. The molecule has 0 amide bonds. The minimum atomic E-state index is -0.499. The van der Waals surface area contributed by atoms with Crippen LogP contribution in [-0.2, 0) is 13.0 Å². The van der Waals surface area contributed by atoms with Crippen molar-refractivity contribution < 1.29 is 0 Å². The van der Waals surface area contributed by atoms with E-state index in [4.69, 9.17) is 11.6 Å². The zero-order chi connectivity index (χ0) is 14.8. The van der Waals surface area contributed by atoms with Gasteiger partial charge in [-0.15, -0.1) is 0 Å². The summed E-state index contributed by atoms with van der Waals surface area (Å²) in [5, 5.41) is 1.08. The summed E-state index contributed by atoms with van der Waals surface area (Å²) >= 11 is 5.64. The number of hydrogen-bond donors (Lipinski definition) is 1. The van der Waals surface area contributed by atoms with E-state index >= 15 is 0 Å². The molecule has 0 bridgehead atoms. The molecule has 0 aliphatic rings. The SMILES string of the molecule is O=c1cc(Cl)[nH]c(=O)n1CCc1cccc2cccnc12. The fourth-order valence-electron chi connectivity index (χ4n) is 2.31. The molecule has 21 heavy (non-hydrogen) atoms. The third-order valence-corrected chi connectivity index (χ3v) is 3.51. The van der Waals surface area contributed by atoms with E-state index in [9.17, 15) is 9.59 Å². The first-order chi connectivity index (χ1) is 10.1. The number of para-hydroxylation sites is 1. The maximum Gasteiger partial charge on any atom is 0.329 e.